The Kier molecular flexibility index (Phi) is 10.6. The summed E-state index contributed by atoms with van der Waals surface area (Å²) < 4.78 is 1.73. The van der Waals surface area contributed by atoms with Crippen LogP contribution in [-0.2, 0) is 9.59 Å². The lowest BCUT2D eigenvalue weighted by Crippen LogP contribution is -2.47. The average Bonchev–Trinajstić information content (AvgIpc) is 3.73. The molecule has 0 spiro atoms. The molecule has 1 saturated carbocycles. The van der Waals surface area contributed by atoms with Gasteiger partial charge in [-0.3, -0.25) is 34.0 Å². The molecule has 1 unspecified atom stereocenters. The number of aryl methyl sites for hydroxylation is 1. The molecule has 4 aliphatic rings. The lowest BCUT2D eigenvalue weighted by Gasteiger charge is -2.38. The molecular weight excluding hydrogens is 695 g/mol. The quantitative estimate of drug-likeness (QED) is 0.157. The van der Waals surface area contributed by atoms with Gasteiger partial charge in [0.25, 0.3) is 5.56 Å². The highest BCUT2D eigenvalue weighted by Gasteiger charge is 2.29. The van der Waals surface area contributed by atoms with Crippen LogP contribution in [0, 0.1) is 12.8 Å². The van der Waals surface area contributed by atoms with Crippen LogP contribution in [0.4, 0.5) is 23.1 Å². The third-order valence-electron chi connectivity index (χ3n) is 12.3. The molecule has 2 amide bonds. The number of anilines is 4. The standard InChI is InChI=1S/C42H51N9O4/c1-27-35-26-44-42(47-39(35)51(32-5-3-4-6-32)41(55)38(27)28(2)52)45-36-13-11-33(25-43-36)49-19-16-29(17-20-49)15-18-48-21-23-50(24-22-48)31-9-7-30(8-10-31)34-12-14-37(53)46-40(34)54/h7-11,13,25-26,29,32,34H,3-6,12,14-24H2,1-2H3,(H,46,53,54)(H,43,44,45,47). The summed E-state index contributed by atoms with van der Waals surface area (Å²) in [4.78, 5) is 71.3. The molecule has 55 heavy (non-hydrogen) atoms. The topological polar surface area (TPSA) is 146 Å². The normalized spacial score (nSPS) is 20.3. The van der Waals surface area contributed by atoms with Crippen LogP contribution in [0.3, 0.4) is 0 Å². The summed E-state index contributed by atoms with van der Waals surface area (Å²) in [5, 5.41) is 6.43. The van der Waals surface area contributed by atoms with E-state index in [0.29, 0.717) is 41.7 Å². The number of piperidine rings is 2. The lowest BCUT2D eigenvalue weighted by atomic mass is 9.90. The summed E-state index contributed by atoms with van der Waals surface area (Å²) in [5.41, 5.74) is 4.44. The van der Waals surface area contributed by atoms with Gasteiger partial charge in [0.1, 0.15) is 11.5 Å². The first-order valence-corrected chi connectivity index (χ1v) is 20.0. The van der Waals surface area contributed by atoms with Gasteiger partial charge < -0.3 is 15.1 Å². The number of hydrogen-bond acceptors (Lipinski definition) is 11. The van der Waals surface area contributed by atoms with Crippen molar-refractivity contribution < 1.29 is 14.4 Å². The van der Waals surface area contributed by atoms with Crippen LogP contribution >= 0.6 is 0 Å². The Balaban J connectivity index is 0.808. The van der Waals surface area contributed by atoms with Crippen LogP contribution in [0.15, 0.2) is 53.6 Å². The summed E-state index contributed by atoms with van der Waals surface area (Å²) in [6, 6.07) is 12.4. The van der Waals surface area contributed by atoms with Crippen molar-refractivity contribution in [2.24, 2.45) is 5.92 Å². The van der Waals surface area contributed by atoms with E-state index in [0.717, 1.165) is 101 Å². The van der Waals surface area contributed by atoms with E-state index in [1.165, 1.54) is 19.0 Å². The van der Waals surface area contributed by atoms with Gasteiger partial charge in [-0.25, -0.2) is 9.97 Å². The molecule has 288 valence electrons. The fourth-order valence-electron chi connectivity index (χ4n) is 9.07. The van der Waals surface area contributed by atoms with E-state index >= 15 is 0 Å². The van der Waals surface area contributed by atoms with Crippen LogP contribution in [0.1, 0.15) is 98.2 Å². The number of aromatic nitrogens is 4. The number of rotatable bonds is 10. The van der Waals surface area contributed by atoms with Crippen molar-refractivity contribution in [3.63, 3.8) is 0 Å². The second kappa shape index (κ2) is 15.9. The molecule has 4 aromatic rings. The summed E-state index contributed by atoms with van der Waals surface area (Å²) in [6.07, 6.45) is 12.0. The predicted molar refractivity (Wildman–Crippen MR) is 213 cm³/mol. The number of piperazine rings is 1. The van der Waals surface area contributed by atoms with Crippen LogP contribution in [-0.4, -0.2) is 87.8 Å². The van der Waals surface area contributed by atoms with E-state index in [1.807, 2.05) is 24.4 Å². The smallest absolute Gasteiger partial charge is 0.263 e. The van der Waals surface area contributed by atoms with Crippen LogP contribution in [0.2, 0.25) is 0 Å². The van der Waals surface area contributed by atoms with Gasteiger partial charge in [-0.1, -0.05) is 25.0 Å². The van der Waals surface area contributed by atoms with E-state index in [9.17, 15) is 19.2 Å². The van der Waals surface area contributed by atoms with Gasteiger partial charge in [-0.2, -0.15) is 4.98 Å². The summed E-state index contributed by atoms with van der Waals surface area (Å²) in [6.45, 7) is 10.5. The highest BCUT2D eigenvalue weighted by atomic mass is 16.2. The van der Waals surface area contributed by atoms with E-state index < -0.39 is 0 Å². The number of imide groups is 1. The molecule has 13 heteroatoms. The Morgan fingerprint density at radius 3 is 2.22 bits per heavy atom. The number of carbonyl (C=O) groups is 3. The minimum atomic E-state index is -0.257. The molecule has 1 atom stereocenters. The van der Waals surface area contributed by atoms with Gasteiger partial charge in [-0.05, 0) is 100 Å². The van der Waals surface area contributed by atoms with Gasteiger partial charge in [-0.15, -0.1) is 0 Å². The maximum Gasteiger partial charge on any atom is 0.263 e. The maximum atomic E-state index is 13.6. The minimum Gasteiger partial charge on any atom is -0.370 e. The maximum absolute atomic E-state index is 13.6. The van der Waals surface area contributed by atoms with Gasteiger partial charge in [0.2, 0.25) is 17.8 Å². The van der Waals surface area contributed by atoms with Gasteiger partial charge in [0.05, 0.1) is 23.4 Å². The predicted octanol–water partition coefficient (Wildman–Crippen LogP) is 5.51. The van der Waals surface area contributed by atoms with Crippen LogP contribution in [0.5, 0.6) is 0 Å². The highest BCUT2D eigenvalue weighted by molar-refractivity contribution is 6.01. The number of nitrogens with one attached hydrogen (secondary N) is 2. The number of nitrogens with zero attached hydrogens (tertiary/aromatic N) is 7. The number of fused-ring (bicyclic) bond motifs is 1. The number of carbonyl (C=O) groups excluding carboxylic acids is 3. The first-order valence-electron chi connectivity index (χ1n) is 20.0. The van der Waals surface area contributed by atoms with E-state index in [1.54, 1.807) is 17.7 Å². The van der Waals surface area contributed by atoms with E-state index in [2.05, 4.69) is 48.5 Å². The molecule has 3 saturated heterocycles. The van der Waals surface area contributed by atoms with Gasteiger partial charge in [0, 0.05) is 69.0 Å². The second-order valence-corrected chi connectivity index (χ2v) is 15.8. The van der Waals surface area contributed by atoms with E-state index in [4.69, 9.17) is 9.97 Å². The lowest BCUT2D eigenvalue weighted by molar-refractivity contribution is -0.134. The minimum absolute atomic E-state index is 0.0281. The Bertz CT molecular complexity index is 2110. The third-order valence-corrected chi connectivity index (χ3v) is 12.3. The van der Waals surface area contributed by atoms with Crippen molar-refractivity contribution in [2.45, 2.75) is 83.6 Å². The number of hydrogen-bond donors (Lipinski definition) is 2. The Morgan fingerprint density at radius 2 is 1.55 bits per heavy atom. The van der Waals surface area contributed by atoms with Gasteiger partial charge in [0.15, 0.2) is 5.78 Å². The summed E-state index contributed by atoms with van der Waals surface area (Å²) >= 11 is 0. The molecular formula is C42H51N9O4. The summed E-state index contributed by atoms with van der Waals surface area (Å²) in [7, 11) is 0. The molecule has 3 aromatic heterocycles. The molecule has 1 aromatic carbocycles. The van der Waals surface area contributed by atoms with Crippen molar-refractivity contribution >= 4 is 51.8 Å². The van der Waals surface area contributed by atoms with Gasteiger partial charge >= 0.3 is 0 Å². The molecule has 1 aliphatic carbocycles. The largest absolute Gasteiger partial charge is 0.370 e. The highest BCUT2D eigenvalue weighted by Crippen LogP contribution is 2.33. The number of ketones is 1. The van der Waals surface area contributed by atoms with Crippen molar-refractivity contribution in [3.05, 3.63) is 75.8 Å². The fraction of sp³-hybridized carbons (Fsp3) is 0.500. The first-order chi connectivity index (χ1) is 26.7. The first kappa shape index (κ1) is 36.8. The number of amides is 2. The zero-order valence-electron chi connectivity index (χ0n) is 31.9. The molecule has 6 heterocycles. The van der Waals surface area contributed by atoms with Crippen LogP contribution < -0.4 is 26.0 Å². The Labute approximate surface area is 321 Å². The molecule has 0 radical (unpaired) electrons. The second-order valence-electron chi connectivity index (χ2n) is 15.8. The number of pyridine rings is 2. The number of Topliss-reactive ketones (excluding diaryl/α,β-unsaturated/α-hetero) is 1. The molecule has 8 rings (SSSR count). The SMILES string of the molecule is CC(=O)c1c(C)c2cnc(Nc3ccc(N4CCC(CCN5CCN(c6ccc(C7CCC(=O)NC7=O)cc6)CC5)CC4)cn3)nc2n(C2CCCC2)c1=O. The third kappa shape index (κ3) is 7.85. The molecule has 13 nitrogen and oxygen atoms in total. The van der Waals surface area contributed by atoms with Crippen molar-refractivity contribution in [3.8, 4) is 0 Å². The Morgan fingerprint density at radius 1 is 0.836 bits per heavy atom. The van der Waals surface area contributed by atoms with Crippen LogP contribution in [0.25, 0.3) is 11.0 Å². The molecule has 0 bridgehead atoms. The summed E-state index contributed by atoms with van der Waals surface area (Å²) in [5.74, 6) is 0.882. The fourth-order valence-corrected chi connectivity index (χ4v) is 9.07. The monoisotopic (exact) mass is 745 g/mol. The van der Waals surface area contributed by atoms with E-state index in [-0.39, 0.29) is 40.7 Å². The molecule has 4 fully saturated rings. The Hall–Kier alpha value is -5.17. The average molecular weight is 746 g/mol. The molecule has 3 aliphatic heterocycles. The van der Waals surface area contributed by atoms with Crippen molar-refractivity contribution in [2.75, 3.05) is 60.9 Å². The number of benzene rings is 1. The molecule has 2 N–H and O–H groups in total. The van der Waals surface area contributed by atoms with Crippen molar-refractivity contribution in [1.29, 1.82) is 0 Å². The zero-order valence-corrected chi connectivity index (χ0v) is 31.9. The zero-order chi connectivity index (χ0) is 38.1. The van der Waals surface area contributed by atoms with Crippen molar-refractivity contribution in [1.82, 2.24) is 29.7 Å².